The fourth-order valence-corrected chi connectivity index (χ4v) is 3.14. The molecule has 0 aromatic heterocycles. The highest BCUT2D eigenvalue weighted by Crippen LogP contribution is 2.23. The summed E-state index contributed by atoms with van der Waals surface area (Å²) in [6.45, 7) is -0.0644. The molecule has 0 bridgehead atoms. The zero-order chi connectivity index (χ0) is 18.8. The van der Waals surface area contributed by atoms with Crippen LogP contribution in [0.1, 0.15) is 5.56 Å². The number of aliphatic hydroxyl groups excluding tert-OH is 1. The Bertz CT molecular complexity index is 798. The number of amides is 3. The number of benzene rings is 1. The number of β-amino-alcohol motifs (C(OH)–C–C–N with tert-alkyl or cyclic N) is 1. The number of aliphatic hydroxyl groups is 1. The van der Waals surface area contributed by atoms with E-state index in [0.717, 1.165) is 4.47 Å². The summed E-state index contributed by atoms with van der Waals surface area (Å²) in [7, 11) is 1.53. The number of nitrogens with zero attached hydrogens (tertiary/aromatic N) is 4. The van der Waals surface area contributed by atoms with Crippen molar-refractivity contribution in [2.45, 2.75) is 12.2 Å². The molecule has 1 fully saturated rings. The van der Waals surface area contributed by atoms with E-state index in [2.05, 4.69) is 36.8 Å². The van der Waals surface area contributed by atoms with E-state index >= 15 is 0 Å². The number of aliphatic imine (C=N–C) groups is 1. The summed E-state index contributed by atoms with van der Waals surface area (Å²) in [6, 6.07) is 3.62. The maximum Gasteiger partial charge on any atom is 0.325 e. The highest BCUT2D eigenvalue weighted by molar-refractivity contribution is 9.10. The zero-order valence-corrected chi connectivity index (χ0v) is 15.3. The number of carbonyl (C=O) groups excluding carboxylic acids is 2. The van der Waals surface area contributed by atoms with Crippen LogP contribution in [0.4, 0.5) is 4.79 Å². The lowest BCUT2D eigenvalue weighted by Gasteiger charge is -2.35. The van der Waals surface area contributed by atoms with Gasteiger partial charge in [0, 0.05) is 23.6 Å². The molecule has 0 aliphatic carbocycles. The average molecular weight is 425 g/mol. The number of phenols is 1. The van der Waals surface area contributed by atoms with E-state index in [1.165, 1.54) is 24.2 Å². The van der Waals surface area contributed by atoms with E-state index in [-0.39, 0.29) is 24.9 Å². The highest BCUT2D eigenvalue weighted by Gasteiger charge is 2.48. The first kappa shape index (κ1) is 18.1. The number of guanidine groups is 1. The van der Waals surface area contributed by atoms with Crippen LogP contribution in [-0.2, 0) is 4.79 Å². The van der Waals surface area contributed by atoms with Gasteiger partial charge in [-0.2, -0.15) is 5.10 Å². The molecule has 0 saturated carbocycles. The number of rotatable bonds is 4. The van der Waals surface area contributed by atoms with Crippen molar-refractivity contribution in [3.8, 4) is 5.75 Å². The molecule has 2 atom stereocenters. The van der Waals surface area contributed by atoms with E-state index < -0.39 is 24.1 Å². The number of hydrogen-bond acceptors (Lipinski definition) is 8. The molecule has 3 amide bonds. The molecule has 2 unspecified atom stereocenters. The van der Waals surface area contributed by atoms with Crippen LogP contribution in [0.2, 0.25) is 0 Å². The molecular formula is C15H17BrN6O4. The molecule has 1 saturated heterocycles. The first-order valence-corrected chi connectivity index (χ1v) is 8.52. The first-order chi connectivity index (χ1) is 12.4. The van der Waals surface area contributed by atoms with Gasteiger partial charge in [-0.3, -0.25) is 10.1 Å². The summed E-state index contributed by atoms with van der Waals surface area (Å²) < 4.78 is 0.777. The Balaban J connectivity index is 1.81. The van der Waals surface area contributed by atoms with Crippen LogP contribution in [0, 0.1) is 0 Å². The smallest absolute Gasteiger partial charge is 0.325 e. The number of likely N-dealkylation sites (N-methyl/N-ethyl adjacent to an activating group) is 1. The summed E-state index contributed by atoms with van der Waals surface area (Å²) in [5.41, 5.74) is 3.19. The highest BCUT2D eigenvalue weighted by atomic mass is 79.9. The van der Waals surface area contributed by atoms with E-state index in [1.807, 2.05) is 0 Å². The summed E-state index contributed by atoms with van der Waals surface area (Å²) in [5, 5.41) is 25.4. The Morgan fingerprint density at radius 1 is 1.46 bits per heavy atom. The van der Waals surface area contributed by atoms with Gasteiger partial charge in [0.25, 0.3) is 5.91 Å². The number of imide groups is 1. The van der Waals surface area contributed by atoms with Gasteiger partial charge in [-0.1, -0.05) is 15.9 Å². The van der Waals surface area contributed by atoms with Gasteiger partial charge < -0.3 is 20.0 Å². The Labute approximate surface area is 157 Å². The van der Waals surface area contributed by atoms with E-state index in [9.17, 15) is 19.8 Å². The van der Waals surface area contributed by atoms with Crippen molar-refractivity contribution in [1.29, 1.82) is 0 Å². The number of halogens is 1. The molecule has 2 aliphatic heterocycles. The molecule has 26 heavy (non-hydrogen) atoms. The average Bonchev–Trinajstić information content (AvgIpc) is 2.95. The lowest BCUT2D eigenvalue weighted by atomic mass is 10.1. The first-order valence-electron chi connectivity index (χ1n) is 7.73. The van der Waals surface area contributed by atoms with Gasteiger partial charge in [-0.15, -0.1) is 0 Å². The minimum absolute atomic E-state index is 0.0534. The van der Waals surface area contributed by atoms with Crippen molar-refractivity contribution >= 4 is 40.0 Å². The SMILES string of the molecule is CN1C(=O)NC(=O)C2C1N=C(N/N=C\c1cc(Br)ccc1O)N2CCO. The topological polar surface area (TPSA) is 130 Å². The Kier molecular flexibility index (Phi) is 5.09. The molecule has 4 N–H and O–H groups in total. The lowest BCUT2D eigenvalue weighted by molar-refractivity contribution is -0.127. The van der Waals surface area contributed by atoms with Gasteiger partial charge in [0.1, 0.15) is 5.75 Å². The van der Waals surface area contributed by atoms with Gasteiger partial charge in [0.05, 0.1) is 12.8 Å². The molecule has 0 radical (unpaired) electrons. The Hall–Kier alpha value is -2.66. The number of aromatic hydroxyl groups is 1. The monoisotopic (exact) mass is 424 g/mol. The maximum atomic E-state index is 12.2. The molecule has 138 valence electrons. The van der Waals surface area contributed by atoms with Crippen molar-refractivity contribution in [3.05, 3.63) is 28.2 Å². The van der Waals surface area contributed by atoms with Crippen LogP contribution in [-0.4, -0.2) is 76.5 Å². The van der Waals surface area contributed by atoms with Crippen LogP contribution >= 0.6 is 15.9 Å². The number of fused-ring (bicyclic) bond motifs is 1. The quantitative estimate of drug-likeness (QED) is 0.385. The molecular weight excluding hydrogens is 408 g/mol. The number of nitrogens with one attached hydrogen (secondary N) is 2. The molecule has 1 aromatic rings. The van der Waals surface area contributed by atoms with Crippen molar-refractivity contribution in [2.24, 2.45) is 10.1 Å². The summed E-state index contributed by atoms with van der Waals surface area (Å²) in [5.74, 6) is -0.185. The van der Waals surface area contributed by atoms with Crippen LogP contribution in [0.5, 0.6) is 5.75 Å². The van der Waals surface area contributed by atoms with E-state index in [4.69, 9.17) is 0 Å². The Morgan fingerprint density at radius 2 is 2.23 bits per heavy atom. The third-order valence-electron chi connectivity index (χ3n) is 4.06. The maximum absolute atomic E-state index is 12.2. The molecule has 11 heteroatoms. The van der Waals surface area contributed by atoms with Crippen LogP contribution in [0.25, 0.3) is 0 Å². The third-order valence-corrected chi connectivity index (χ3v) is 4.55. The summed E-state index contributed by atoms with van der Waals surface area (Å²) in [6.07, 6.45) is 0.691. The fraction of sp³-hybridized carbons (Fsp3) is 0.333. The molecule has 1 aromatic carbocycles. The van der Waals surface area contributed by atoms with Crippen molar-refractivity contribution in [1.82, 2.24) is 20.5 Å². The van der Waals surface area contributed by atoms with E-state index in [1.54, 1.807) is 17.0 Å². The standard InChI is InChI=1S/C15H17BrN6O4/c1-21-12-11(13(25)19-15(21)26)22(4-5-23)14(18-12)20-17-7-8-6-9(16)2-3-10(8)24/h2-3,6-7,11-12,23-24H,4-5H2,1H3,(H,18,20)(H,19,25,26)/b17-7-. The van der Waals surface area contributed by atoms with Crippen LogP contribution in [0.15, 0.2) is 32.8 Å². The molecule has 0 spiro atoms. The normalized spacial score (nSPS) is 22.5. The van der Waals surface area contributed by atoms with Gasteiger partial charge in [-0.05, 0) is 18.2 Å². The van der Waals surface area contributed by atoms with Crippen molar-refractivity contribution in [3.63, 3.8) is 0 Å². The third kappa shape index (κ3) is 3.35. The molecule has 3 rings (SSSR count). The lowest BCUT2D eigenvalue weighted by Crippen LogP contribution is -2.64. The second kappa shape index (κ2) is 7.30. The minimum atomic E-state index is -0.748. The summed E-state index contributed by atoms with van der Waals surface area (Å²) >= 11 is 3.31. The minimum Gasteiger partial charge on any atom is -0.507 e. The second-order valence-corrected chi connectivity index (χ2v) is 6.62. The Morgan fingerprint density at radius 3 is 2.96 bits per heavy atom. The number of hydrazone groups is 1. The zero-order valence-electron chi connectivity index (χ0n) is 13.8. The predicted molar refractivity (Wildman–Crippen MR) is 96.6 cm³/mol. The number of phenolic OH excluding ortho intramolecular Hbond substituents is 1. The van der Waals surface area contributed by atoms with Gasteiger partial charge in [-0.25, -0.2) is 15.2 Å². The second-order valence-electron chi connectivity index (χ2n) is 5.71. The molecule has 2 heterocycles. The number of carbonyl (C=O) groups is 2. The van der Waals surface area contributed by atoms with Gasteiger partial charge >= 0.3 is 6.03 Å². The predicted octanol–water partition coefficient (Wildman–Crippen LogP) is -0.382. The van der Waals surface area contributed by atoms with Crippen LogP contribution < -0.4 is 10.7 Å². The number of urea groups is 1. The number of hydrogen-bond donors (Lipinski definition) is 4. The van der Waals surface area contributed by atoms with E-state index in [0.29, 0.717) is 5.56 Å². The van der Waals surface area contributed by atoms with Crippen LogP contribution in [0.3, 0.4) is 0 Å². The molecule has 2 aliphatic rings. The molecule has 10 nitrogen and oxygen atoms in total. The van der Waals surface area contributed by atoms with Gasteiger partial charge in [0.15, 0.2) is 12.2 Å². The van der Waals surface area contributed by atoms with Crippen molar-refractivity contribution in [2.75, 3.05) is 20.2 Å². The summed E-state index contributed by atoms with van der Waals surface area (Å²) in [4.78, 5) is 31.1. The largest absolute Gasteiger partial charge is 0.507 e. The van der Waals surface area contributed by atoms with Crippen molar-refractivity contribution < 1.29 is 19.8 Å². The van der Waals surface area contributed by atoms with Gasteiger partial charge in [0.2, 0.25) is 5.96 Å². The fourth-order valence-electron chi connectivity index (χ4n) is 2.76.